The van der Waals surface area contributed by atoms with Crippen molar-refractivity contribution in [3.63, 3.8) is 0 Å². The molecule has 29 nitrogen and oxygen atoms in total. The van der Waals surface area contributed by atoms with Crippen molar-refractivity contribution in [2.45, 2.75) is 95.2 Å². The van der Waals surface area contributed by atoms with Crippen LogP contribution in [0.3, 0.4) is 0 Å². The van der Waals surface area contributed by atoms with Crippen LogP contribution in [0.2, 0.25) is 0 Å². The minimum atomic E-state index is -3.09. The number of carboxylic acid groups (broad SMARTS) is 2. The number of anilines is 1. The first-order chi connectivity index (χ1) is 35.6. The first-order valence-electron chi connectivity index (χ1n) is 23.8. The molecule has 0 aliphatic carbocycles. The number of unbranched alkanes of at least 4 members (excludes halogenated alkanes) is 4. The third kappa shape index (κ3) is 38.3. The van der Waals surface area contributed by atoms with Crippen molar-refractivity contribution in [2.75, 3.05) is 95.4 Å². The molecule has 1 rings (SSSR count). The summed E-state index contributed by atoms with van der Waals surface area (Å²) in [6.45, 7) is -0.649. The quantitative estimate of drug-likeness (QED) is 0.00722. The Morgan fingerprint density at radius 2 is 1.16 bits per heavy atom. The van der Waals surface area contributed by atoms with E-state index >= 15 is 0 Å². The molecular weight excluding hydrogens is 1240 g/mol. The summed E-state index contributed by atoms with van der Waals surface area (Å²) in [6, 6.07) is 2.90. The van der Waals surface area contributed by atoms with E-state index in [0.29, 0.717) is 55.1 Å². The van der Waals surface area contributed by atoms with Crippen molar-refractivity contribution < 1.29 is 137 Å². The van der Waals surface area contributed by atoms with E-state index in [2.05, 4.69) is 36.8 Å². The summed E-state index contributed by atoms with van der Waals surface area (Å²) in [6.07, 6.45) is -3.90. The third-order valence-electron chi connectivity index (χ3n) is 10.5. The molecule has 0 saturated heterocycles. The van der Waals surface area contributed by atoms with Gasteiger partial charge in [-0.3, -0.25) is 29.0 Å². The Morgan fingerprint density at radius 3 is 1.70 bits per heavy atom. The van der Waals surface area contributed by atoms with Crippen LogP contribution in [-0.4, -0.2) is 222 Å². The fourth-order valence-electron chi connectivity index (χ4n) is 6.79. The summed E-state index contributed by atoms with van der Waals surface area (Å²) in [5.41, 5.74) is 0.360. The second-order valence-electron chi connectivity index (χ2n) is 16.8. The Bertz CT molecular complexity index is 1860. The number of thioether (sulfide) groups is 1. The number of aliphatic carboxylic acids is 2. The molecule has 6 amide bonds. The average Bonchev–Trinajstić information content (AvgIpc) is 3.33. The minimum Gasteiger partial charge on any atom is -0.830 e. The number of aliphatic hydroxyl groups excluding tert-OH is 3. The van der Waals surface area contributed by atoms with Crippen LogP contribution in [0.5, 0.6) is 0 Å². The van der Waals surface area contributed by atoms with Crippen molar-refractivity contribution in [1.29, 1.82) is 0 Å². The molecule has 0 saturated carbocycles. The zero-order valence-corrected chi connectivity index (χ0v) is 46.6. The van der Waals surface area contributed by atoms with Gasteiger partial charge in [0.15, 0.2) is 0 Å². The number of rotatable bonds is 44. The molecule has 436 valence electrons. The Balaban J connectivity index is 0.0000562. The SMILES string of the molecule is O=C([O-])CNC(=O)[C@H](CSCC(=O)Nc1ccc([As](O)O)cc1)NC(=O)CC[C@H](NC(=O)CCCCCNC(=O)CCCCCNC(=O)CN(CCN(C[CH-]O[O-])CC([O-])O)CCN(CC([O-])O)CC([O-])O)C(=O)[O-].[Gd]. The number of carbonyl (C=O) groups excluding carboxylic acids is 8. The van der Waals surface area contributed by atoms with Gasteiger partial charge >= 0.3 is 130 Å². The Morgan fingerprint density at radius 1 is 0.645 bits per heavy atom. The van der Waals surface area contributed by atoms with Gasteiger partial charge in [-0.2, -0.15) is 0 Å². The van der Waals surface area contributed by atoms with Gasteiger partial charge in [0.1, 0.15) is 0 Å². The molecule has 5 atom stereocenters. The van der Waals surface area contributed by atoms with E-state index in [1.807, 2.05) is 0 Å². The number of amides is 6. The van der Waals surface area contributed by atoms with Crippen LogP contribution in [0, 0.1) is 46.5 Å². The smallest absolute Gasteiger partial charge is 0.830 e. The zero-order valence-electron chi connectivity index (χ0n) is 41.7. The monoisotopic (exact) mass is 1310 g/mol. The van der Waals surface area contributed by atoms with E-state index in [0.717, 1.165) is 18.4 Å². The molecule has 0 radical (unpaired) electrons. The second-order valence-corrected chi connectivity index (χ2v) is 20.2. The minimum absolute atomic E-state index is 0. The predicted octanol–water partition coefficient (Wildman–Crippen LogP) is -11.8. The van der Waals surface area contributed by atoms with Crippen LogP contribution < -0.4 is 67.0 Å². The first-order valence-corrected chi connectivity index (χ1v) is 27.6. The average molecular weight is 1310 g/mol. The molecule has 0 aliphatic heterocycles. The summed E-state index contributed by atoms with van der Waals surface area (Å²) in [4.78, 5) is 106. The molecule has 0 fully saturated rings. The normalized spacial score (nSPS) is 13.3. The maximum atomic E-state index is 12.8. The molecule has 0 aromatic heterocycles. The van der Waals surface area contributed by atoms with Gasteiger partial charge in [0, 0.05) is 118 Å². The van der Waals surface area contributed by atoms with Gasteiger partial charge in [0.25, 0.3) is 0 Å². The van der Waals surface area contributed by atoms with Crippen LogP contribution in [0.4, 0.5) is 5.69 Å². The maximum absolute atomic E-state index is 12.8. The molecule has 1 aromatic rings. The fourth-order valence-corrected chi connectivity index (χ4v) is 8.51. The molecular formula is C44H69AsGdN9O20S-7. The van der Waals surface area contributed by atoms with E-state index in [1.165, 1.54) is 34.1 Å². The molecule has 0 bridgehead atoms. The number of aliphatic hydroxyl groups is 3. The van der Waals surface area contributed by atoms with Crippen molar-refractivity contribution >= 4 is 84.5 Å². The molecule has 3 unspecified atom stereocenters. The summed E-state index contributed by atoms with van der Waals surface area (Å²) < 4.78 is 19.1. The van der Waals surface area contributed by atoms with Gasteiger partial charge in [-0.25, -0.2) is 6.61 Å². The molecule has 1 aromatic carbocycles. The summed E-state index contributed by atoms with van der Waals surface area (Å²) in [5.74, 6) is -7.17. The number of carbonyl (C=O) groups is 8. The number of nitrogens with one attached hydrogen (secondary N) is 6. The van der Waals surface area contributed by atoms with Gasteiger partial charge in [0.2, 0.25) is 17.7 Å². The Labute approximate surface area is 481 Å². The van der Waals surface area contributed by atoms with E-state index in [9.17, 15) is 92.7 Å². The molecule has 11 N–H and O–H groups in total. The molecule has 0 aliphatic rings. The van der Waals surface area contributed by atoms with E-state index in [4.69, 9.17) is 0 Å². The van der Waals surface area contributed by atoms with Gasteiger partial charge in [-0.1, -0.05) is 12.8 Å². The number of benzene rings is 1. The van der Waals surface area contributed by atoms with Crippen LogP contribution >= 0.6 is 11.8 Å². The molecule has 0 heterocycles. The molecule has 0 spiro atoms. The van der Waals surface area contributed by atoms with E-state index < -0.39 is 120 Å². The van der Waals surface area contributed by atoms with Crippen LogP contribution in [-0.2, 0) is 43.2 Å². The van der Waals surface area contributed by atoms with Gasteiger partial charge in [0.05, 0.1) is 31.1 Å². The van der Waals surface area contributed by atoms with Crippen molar-refractivity contribution in [2.24, 2.45) is 0 Å². The van der Waals surface area contributed by atoms with Gasteiger partial charge in [-0.05, 0) is 51.0 Å². The number of hydrogen-bond acceptors (Lipinski definition) is 24. The molecule has 76 heavy (non-hydrogen) atoms. The van der Waals surface area contributed by atoms with E-state index in [1.54, 1.807) is 4.90 Å². The number of carboxylic acids is 2. The number of nitrogens with zero attached hydrogens (tertiary/aromatic N) is 3. The first kappa shape index (κ1) is 72.7. The zero-order chi connectivity index (χ0) is 56.1. The Hall–Kier alpha value is -3.31. The van der Waals surface area contributed by atoms with E-state index in [-0.39, 0.29) is 123 Å². The summed E-state index contributed by atoms with van der Waals surface area (Å²) in [5, 5.41) is 110. The van der Waals surface area contributed by atoms with Gasteiger partial charge in [-0.15, -0.1) is 6.54 Å². The fraction of sp³-hybridized carbons (Fsp3) is 0.659. The van der Waals surface area contributed by atoms with Crippen molar-refractivity contribution in [3.05, 3.63) is 30.9 Å². The number of hydrogen-bond donors (Lipinski definition) is 11. The topological polar surface area (TPSA) is 467 Å². The summed E-state index contributed by atoms with van der Waals surface area (Å²) >= 11 is -2.17. The second kappa shape index (κ2) is 43.6. The molecule has 32 heteroatoms. The van der Waals surface area contributed by atoms with Crippen molar-refractivity contribution in [3.8, 4) is 0 Å². The van der Waals surface area contributed by atoms with Crippen LogP contribution in [0.1, 0.15) is 64.2 Å². The standard InChI is InChI=1S/C44H72AsN9O20S.Gd/c55-34(7-3-1-6-16-47-37(58)24-52(17-18-53(21-22-74-73)25-40(62)63)19-20-54(26-41(64)65)27-42(66)67)46-15-5-2-4-8-35(56)50-32(44(69)70)13-14-36(57)51-33(43(68)48-23-39(60)61)28-75-29-38(59)49-31-11-9-30(10-12-31)45(71)72;/h9-12,22,32-33,40-42,62,64,66,71-73H,1-8,13-21,23-29H2,(H,46,55)(H,47,58)(H,48,68)(H,49,59)(H,50,56)(H,51,57)(H,60,61)(H,69,70);/q-4;/p-3/t32-,33-,40?,41?,42?;/m0./s1. The van der Waals surface area contributed by atoms with Crippen molar-refractivity contribution in [1.82, 2.24) is 41.3 Å². The third-order valence-corrected chi connectivity index (χ3v) is 13.1. The predicted molar refractivity (Wildman–Crippen MR) is 254 cm³/mol. The van der Waals surface area contributed by atoms with Crippen LogP contribution in [0.25, 0.3) is 0 Å². The Kier molecular flexibility index (Phi) is 41.7. The van der Waals surface area contributed by atoms with Crippen LogP contribution in [0.15, 0.2) is 24.3 Å². The summed E-state index contributed by atoms with van der Waals surface area (Å²) in [7, 11) is 0. The van der Waals surface area contributed by atoms with Gasteiger partial charge < -0.3 is 81.4 Å².